The van der Waals surface area contributed by atoms with Crippen LogP contribution in [0, 0.1) is 0 Å². The number of hydrogen-bond acceptors (Lipinski definition) is 10. The summed E-state index contributed by atoms with van der Waals surface area (Å²) in [7, 11) is -4.46. The highest BCUT2D eigenvalue weighted by molar-refractivity contribution is 7.46. The van der Waals surface area contributed by atoms with Crippen molar-refractivity contribution in [2.75, 3.05) is 79.3 Å². The predicted octanol–water partition coefficient (Wildman–Crippen LogP) is 4.06. The van der Waals surface area contributed by atoms with Gasteiger partial charge in [-0.1, -0.05) is 23.2 Å². The molecule has 6 N–H and O–H groups in total. The summed E-state index contributed by atoms with van der Waals surface area (Å²) in [5.41, 5.74) is 0. The summed E-state index contributed by atoms with van der Waals surface area (Å²) in [5.74, 6) is 0. The van der Waals surface area contributed by atoms with Crippen molar-refractivity contribution in [2.24, 2.45) is 0 Å². The van der Waals surface area contributed by atoms with Crippen LogP contribution < -0.4 is 0 Å². The molecule has 0 saturated heterocycles. The molecule has 0 radical (unpaired) electrons. The van der Waals surface area contributed by atoms with E-state index in [0.29, 0.717) is 6.26 Å². The Bertz CT molecular complexity index is 497. The van der Waals surface area contributed by atoms with Crippen molar-refractivity contribution < 1.29 is 58.2 Å². The largest absolute Gasteiger partial charge is 0.524 e. The summed E-state index contributed by atoms with van der Waals surface area (Å²) >= 11 is 9.88. The lowest BCUT2D eigenvalue weighted by Crippen LogP contribution is -2.02. The Hall–Kier alpha value is -0.0500. The van der Waals surface area contributed by atoms with Crippen LogP contribution in [-0.2, 0) is 28.0 Å². The van der Waals surface area contributed by atoms with Gasteiger partial charge in [-0.15, -0.1) is 0 Å². The maximum absolute atomic E-state index is 9.85. The third kappa shape index (κ3) is 56.4. The zero-order valence-electron chi connectivity index (χ0n) is 24.4. The molecule has 250 valence electrons. The molecular weight excluding hydrogens is 606 g/mol. The molecule has 0 aromatic rings. The topological polar surface area (TPSA) is 185 Å². The number of ether oxygens (including phenoxy) is 4. The molecule has 0 atom stereocenters. The molecule has 0 aliphatic heterocycles. The van der Waals surface area contributed by atoms with E-state index in [-0.39, 0.29) is 30.9 Å². The van der Waals surface area contributed by atoms with Crippen LogP contribution in [-0.4, -0.2) is 109 Å². The Labute approximate surface area is 256 Å². The molecule has 0 rings (SSSR count). The standard InChI is InChI=1S/2C12H26O4.C2H3Cl2O4P/c2*13-7-1-3-9-15-11-5-6-12-16-10-4-2-8-14;3-2(4)1-8-9(5,6)7/h2*13-14H,1-12H2;1H,(H2,5,6,7). The summed E-state index contributed by atoms with van der Waals surface area (Å²) in [6, 6.07) is 0. The SMILES string of the molecule is O=P(O)(O)OC=C(Cl)Cl.OCCCCOCCCCOCCCCO.OCCCCOCCCCOCCCCO. The fourth-order valence-electron chi connectivity index (χ4n) is 2.60. The fraction of sp³-hybridized carbons (Fsp3) is 0.923. The number of phosphoric acid groups is 1. The average molecular weight is 662 g/mol. The van der Waals surface area contributed by atoms with Gasteiger partial charge in [-0.25, -0.2) is 4.57 Å². The van der Waals surface area contributed by atoms with E-state index in [4.69, 9.17) is 72.4 Å². The monoisotopic (exact) mass is 660 g/mol. The van der Waals surface area contributed by atoms with Crippen LogP contribution in [0.1, 0.15) is 77.0 Å². The van der Waals surface area contributed by atoms with Crippen LogP contribution in [0.2, 0.25) is 0 Å². The van der Waals surface area contributed by atoms with E-state index < -0.39 is 7.82 Å². The fourth-order valence-corrected chi connectivity index (χ4v) is 3.05. The molecule has 0 unspecified atom stereocenters. The molecule has 12 nitrogen and oxygen atoms in total. The molecule has 15 heteroatoms. The molecule has 41 heavy (non-hydrogen) atoms. The van der Waals surface area contributed by atoms with Crippen molar-refractivity contribution in [3.05, 3.63) is 10.8 Å². The first-order valence-corrected chi connectivity index (χ1v) is 16.5. The second-order valence-corrected chi connectivity index (χ2v) is 10.8. The van der Waals surface area contributed by atoms with Crippen LogP contribution >= 0.6 is 31.0 Å². The number of phosphoric ester groups is 1. The first-order chi connectivity index (χ1) is 19.7. The van der Waals surface area contributed by atoms with Crippen molar-refractivity contribution in [3.63, 3.8) is 0 Å². The normalized spacial score (nSPS) is 10.8. The lowest BCUT2D eigenvalue weighted by atomic mass is 10.3. The number of hydrogen-bond donors (Lipinski definition) is 6. The van der Waals surface area contributed by atoms with Gasteiger partial charge in [0, 0.05) is 79.3 Å². The van der Waals surface area contributed by atoms with E-state index in [1.54, 1.807) is 0 Å². The van der Waals surface area contributed by atoms with Crippen LogP contribution in [0.5, 0.6) is 0 Å². The third-order valence-electron chi connectivity index (χ3n) is 4.72. The first kappa shape index (κ1) is 45.4. The van der Waals surface area contributed by atoms with Crippen molar-refractivity contribution in [1.82, 2.24) is 0 Å². The molecule has 0 heterocycles. The summed E-state index contributed by atoms with van der Waals surface area (Å²) < 4.78 is 34.8. The van der Waals surface area contributed by atoms with Gasteiger partial charge in [-0.2, -0.15) is 0 Å². The van der Waals surface area contributed by atoms with Gasteiger partial charge in [0.1, 0.15) is 10.8 Å². The van der Waals surface area contributed by atoms with Crippen molar-refractivity contribution >= 4 is 31.0 Å². The summed E-state index contributed by atoms with van der Waals surface area (Å²) in [6.45, 7) is 7.14. The zero-order valence-corrected chi connectivity index (χ0v) is 26.8. The van der Waals surface area contributed by atoms with Gasteiger partial charge < -0.3 is 43.9 Å². The zero-order chi connectivity index (χ0) is 31.3. The highest BCUT2D eigenvalue weighted by Crippen LogP contribution is 2.36. The van der Waals surface area contributed by atoms with Crippen molar-refractivity contribution in [3.8, 4) is 0 Å². The molecule has 0 amide bonds. The minimum Gasteiger partial charge on any atom is -0.410 e. The van der Waals surface area contributed by atoms with Gasteiger partial charge in [0.05, 0.1) is 0 Å². The quantitative estimate of drug-likeness (QED) is 0.0402. The van der Waals surface area contributed by atoms with Gasteiger partial charge >= 0.3 is 7.82 Å². The van der Waals surface area contributed by atoms with Crippen molar-refractivity contribution in [1.29, 1.82) is 0 Å². The van der Waals surface area contributed by atoms with Crippen LogP contribution in [0.25, 0.3) is 0 Å². The Morgan fingerprint density at radius 3 is 0.854 bits per heavy atom. The number of aliphatic hydroxyl groups is 4. The van der Waals surface area contributed by atoms with Gasteiger partial charge in [-0.05, 0) is 77.0 Å². The molecule has 0 bridgehead atoms. The first-order valence-electron chi connectivity index (χ1n) is 14.2. The number of halogens is 2. The highest BCUT2D eigenvalue weighted by atomic mass is 35.5. The third-order valence-corrected chi connectivity index (χ3v) is 5.28. The summed E-state index contributed by atoms with van der Waals surface area (Å²) in [4.78, 5) is 16.0. The predicted molar refractivity (Wildman–Crippen MR) is 160 cm³/mol. The second-order valence-electron chi connectivity index (χ2n) is 8.59. The van der Waals surface area contributed by atoms with E-state index in [1.807, 2.05) is 0 Å². The summed E-state index contributed by atoms with van der Waals surface area (Å²) in [6.07, 6.45) is 11.7. The van der Waals surface area contributed by atoms with Crippen LogP contribution in [0.15, 0.2) is 10.8 Å². The Morgan fingerprint density at radius 2 is 0.707 bits per heavy atom. The lowest BCUT2D eigenvalue weighted by Gasteiger charge is -2.05. The van der Waals surface area contributed by atoms with Crippen LogP contribution in [0.3, 0.4) is 0 Å². The molecule has 0 aliphatic carbocycles. The van der Waals surface area contributed by atoms with E-state index in [2.05, 4.69) is 4.52 Å². The number of aliphatic hydroxyl groups excluding tert-OH is 4. The minimum absolute atomic E-state index is 0.255. The van der Waals surface area contributed by atoms with Crippen molar-refractivity contribution in [2.45, 2.75) is 77.0 Å². The van der Waals surface area contributed by atoms with Gasteiger partial charge in [0.2, 0.25) is 0 Å². The van der Waals surface area contributed by atoms with Crippen LogP contribution in [0.4, 0.5) is 0 Å². The van der Waals surface area contributed by atoms with E-state index >= 15 is 0 Å². The molecule has 0 aromatic heterocycles. The maximum atomic E-state index is 9.85. The van der Waals surface area contributed by atoms with Gasteiger partial charge in [0.15, 0.2) is 0 Å². The Balaban J connectivity index is -0.000000551. The number of rotatable bonds is 28. The minimum atomic E-state index is -4.46. The molecule has 0 fully saturated rings. The van der Waals surface area contributed by atoms with E-state index in [9.17, 15) is 4.57 Å². The lowest BCUT2D eigenvalue weighted by molar-refractivity contribution is 0.0960. The molecule has 0 aliphatic rings. The highest BCUT2D eigenvalue weighted by Gasteiger charge is 2.11. The molecular formula is C26H55Cl2O12P. The molecule has 0 aromatic carbocycles. The Kier molecular flexibility index (Phi) is 44.2. The van der Waals surface area contributed by atoms with E-state index in [0.717, 1.165) is 130 Å². The van der Waals surface area contributed by atoms with E-state index in [1.165, 1.54) is 0 Å². The Morgan fingerprint density at radius 1 is 0.488 bits per heavy atom. The molecule has 0 spiro atoms. The maximum Gasteiger partial charge on any atom is 0.524 e. The number of unbranched alkanes of at least 4 members (excludes halogenated alkanes) is 6. The average Bonchev–Trinajstić information content (AvgIpc) is 2.93. The smallest absolute Gasteiger partial charge is 0.410 e. The van der Waals surface area contributed by atoms with Gasteiger partial charge in [0.25, 0.3) is 0 Å². The summed E-state index contributed by atoms with van der Waals surface area (Å²) in [5, 5.41) is 34.2. The second kappa shape index (κ2) is 40.0. The van der Waals surface area contributed by atoms with Gasteiger partial charge in [-0.3, -0.25) is 9.79 Å². The molecule has 0 saturated carbocycles.